The topological polar surface area (TPSA) is 200 Å². The summed E-state index contributed by atoms with van der Waals surface area (Å²) in [4.78, 5) is 0. The molecule has 1 aliphatic carbocycles. The third kappa shape index (κ3) is 5.85. The van der Waals surface area contributed by atoms with E-state index in [9.17, 15) is 15.3 Å². The first-order valence-corrected chi connectivity index (χ1v) is 11.8. The molecule has 12 unspecified atom stereocenters. The van der Waals surface area contributed by atoms with Crippen molar-refractivity contribution in [1.82, 2.24) is 10.6 Å². The summed E-state index contributed by atoms with van der Waals surface area (Å²) in [6.45, 7) is 3.52. The number of aliphatic hydroxyl groups excluding tert-OH is 2. The summed E-state index contributed by atoms with van der Waals surface area (Å²) in [5.41, 5.74) is 17.5. The summed E-state index contributed by atoms with van der Waals surface area (Å²) in [7, 11) is 3.49. The number of likely N-dealkylation sites (N-methyl/N-ethyl adjacent to an activating group) is 2. The second-order valence-electron chi connectivity index (χ2n) is 9.91. The van der Waals surface area contributed by atoms with Crippen molar-refractivity contribution >= 4 is 0 Å². The van der Waals surface area contributed by atoms with Gasteiger partial charge in [-0.05, 0) is 47.2 Å². The molecule has 12 nitrogen and oxygen atoms in total. The van der Waals surface area contributed by atoms with Crippen molar-refractivity contribution in [1.29, 1.82) is 0 Å². The number of nitrogens with two attached hydrogens (primary N) is 3. The SMILES string of the molecule is CNC(C)C1CCC(N)C(OC2C(N)CC(N)C(OC3OCC(C)(O)[C@@H](NC)C3O)C2O)O1. The predicted molar refractivity (Wildman–Crippen MR) is 120 cm³/mol. The van der Waals surface area contributed by atoms with Gasteiger partial charge < -0.3 is 62.1 Å². The van der Waals surface area contributed by atoms with Gasteiger partial charge in [-0.15, -0.1) is 0 Å². The van der Waals surface area contributed by atoms with E-state index in [0.717, 1.165) is 6.42 Å². The van der Waals surface area contributed by atoms with Crippen molar-refractivity contribution < 1.29 is 34.3 Å². The minimum absolute atomic E-state index is 0.0620. The van der Waals surface area contributed by atoms with Gasteiger partial charge in [0, 0.05) is 18.1 Å². The molecule has 0 bridgehead atoms. The summed E-state index contributed by atoms with van der Waals surface area (Å²) in [5.74, 6) is 0. The third-order valence-electron chi connectivity index (χ3n) is 7.24. The highest BCUT2D eigenvalue weighted by atomic mass is 16.7. The molecule has 2 aliphatic heterocycles. The van der Waals surface area contributed by atoms with Crippen molar-refractivity contribution in [2.45, 2.75) is 112 Å². The zero-order chi connectivity index (χ0) is 24.5. The lowest BCUT2D eigenvalue weighted by molar-refractivity contribution is -0.307. The monoisotopic (exact) mass is 477 g/mol. The zero-order valence-electron chi connectivity index (χ0n) is 20.0. The molecule has 0 amide bonds. The molecule has 3 fully saturated rings. The van der Waals surface area contributed by atoms with Crippen LogP contribution >= 0.6 is 0 Å². The predicted octanol–water partition coefficient (Wildman–Crippen LogP) is -3.33. The lowest BCUT2D eigenvalue weighted by Crippen LogP contribution is -2.68. The smallest absolute Gasteiger partial charge is 0.185 e. The molecular weight excluding hydrogens is 434 g/mol. The maximum atomic E-state index is 11.1. The molecule has 1 saturated carbocycles. The van der Waals surface area contributed by atoms with Crippen molar-refractivity contribution in [2.24, 2.45) is 17.2 Å². The van der Waals surface area contributed by atoms with Crippen LogP contribution in [0.3, 0.4) is 0 Å². The summed E-state index contributed by atoms with van der Waals surface area (Å²) in [5, 5.41) is 38.3. The number of nitrogens with one attached hydrogen (secondary N) is 2. The lowest BCUT2D eigenvalue weighted by Gasteiger charge is -2.48. The van der Waals surface area contributed by atoms with Crippen LogP contribution in [0.1, 0.15) is 33.1 Å². The van der Waals surface area contributed by atoms with Crippen LogP contribution < -0.4 is 27.8 Å². The van der Waals surface area contributed by atoms with Crippen LogP contribution in [0.25, 0.3) is 0 Å². The van der Waals surface area contributed by atoms with Gasteiger partial charge in [0.2, 0.25) is 0 Å². The second kappa shape index (κ2) is 11.1. The molecule has 0 aromatic carbocycles. The van der Waals surface area contributed by atoms with Crippen LogP contribution in [0.4, 0.5) is 0 Å². The van der Waals surface area contributed by atoms with E-state index in [-0.39, 0.29) is 24.8 Å². The average molecular weight is 478 g/mol. The van der Waals surface area contributed by atoms with Crippen molar-refractivity contribution in [3.63, 3.8) is 0 Å². The Morgan fingerprint density at radius 1 is 0.970 bits per heavy atom. The maximum absolute atomic E-state index is 11.1. The Morgan fingerprint density at radius 2 is 1.58 bits per heavy atom. The molecule has 0 aromatic heterocycles. The largest absolute Gasteiger partial charge is 0.388 e. The lowest BCUT2D eigenvalue weighted by atomic mass is 9.84. The molecule has 3 rings (SSSR count). The molecule has 0 spiro atoms. The molecule has 33 heavy (non-hydrogen) atoms. The molecule has 0 aromatic rings. The highest BCUT2D eigenvalue weighted by molar-refractivity contribution is 5.02. The Balaban J connectivity index is 1.68. The summed E-state index contributed by atoms with van der Waals surface area (Å²) in [6.07, 6.45) is -4.22. The third-order valence-corrected chi connectivity index (χ3v) is 7.24. The first-order chi connectivity index (χ1) is 15.5. The van der Waals surface area contributed by atoms with Gasteiger partial charge in [0.15, 0.2) is 12.6 Å². The number of rotatable bonds is 7. The molecule has 3 aliphatic rings. The quantitative estimate of drug-likeness (QED) is 0.182. The van der Waals surface area contributed by atoms with Crippen LogP contribution in [-0.2, 0) is 18.9 Å². The summed E-state index contributed by atoms with van der Waals surface area (Å²) >= 11 is 0. The molecule has 194 valence electrons. The van der Waals surface area contributed by atoms with Crippen molar-refractivity contribution in [3.8, 4) is 0 Å². The van der Waals surface area contributed by atoms with Gasteiger partial charge >= 0.3 is 0 Å². The first-order valence-electron chi connectivity index (χ1n) is 11.8. The van der Waals surface area contributed by atoms with Crippen molar-refractivity contribution in [3.05, 3.63) is 0 Å². The van der Waals surface area contributed by atoms with E-state index in [1.807, 2.05) is 14.0 Å². The van der Waals surface area contributed by atoms with E-state index >= 15 is 0 Å². The Bertz CT molecular complexity index is 632. The molecule has 2 heterocycles. The molecule has 2 saturated heterocycles. The van der Waals surface area contributed by atoms with Gasteiger partial charge in [0.1, 0.15) is 30.0 Å². The molecular formula is C21H43N5O7. The molecule has 13 atom stereocenters. The van der Waals surface area contributed by atoms with Gasteiger partial charge in [-0.25, -0.2) is 0 Å². The summed E-state index contributed by atoms with van der Waals surface area (Å²) in [6, 6.07) is -2.11. The van der Waals surface area contributed by atoms with Crippen LogP contribution in [0.15, 0.2) is 0 Å². The Hall–Kier alpha value is -0.480. The van der Waals surface area contributed by atoms with E-state index in [1.54, 1.807) is 14.0 Å². The van der Waals surface area contributed by atoms with Crippen molar-refractivity contribution in [2.75, 3.05) is 20.7 Å². The number of aliphatic hydroxyl groups is 3. The molecule has 0 radical (unpaired) electrons. The Kier molecular flexibility index (Phi) is 9.09. The van der Waals surface area contributed by atoms with E-state index in [2.05, 4.69) is 10.6 Å². The van der Waals surface area contributed by atoms with E-state index < -0.39 is 60.7 Å². The van der Waals surface area contributed by atoms with Crippen LogP contribution in [-0.4, -0.2) is 115 Å². The van der Waals surface area contributed by atoms with Crippen LogP contribution in [0.5, 0.6) is 0 Å². The Labute approximate surface area is 195 Å². The highest BCUT2D eigenvalue weighted by Gasteiger charge is 2.50. The highest BCUT2D eigenvalue weighted by Crippen LogP contribution is 2.31. The van der Waals surface area contributed by atoms with Crippen LogP contribution in [0.2, 0.25) is 0 Å². The van der Waals surface area contributed by atoms with Gasteiger partial charge in [-0.1, -0.05) is 0 Å². The number of hydrogen-bond acceptors (Lipinski definition) is 12. The van der Waals surface area contributed by atoms with Gasteiger partial charge in [0.05, 0.1) is 24.8 Å². The van der Waals surface area contributed by atoms with E-state index in [0.29, 0.717) is 12.8 Å². The Morgan fingerprint density at radius 3 is 2.15 bits per heavy atom. The summed E-state index contributed by atoms with van der Waals surface area (Å²) < 4.78 is 23.7. The number of hydrogen-bond donors (Lipinski definition) is 8. The minimum atomic E-state index is -1.29. The van der Waals surface area contributed by atoms with E-state index in [1.165, 1.54) is 0 Å². The number of ether oxygens (including phenoxy) is 4. The fourth-order valence-corrected chi connectivity index (χ4v) is 5.04. The fourth-order valence-electron chi connectivity index (χ4n) is 5.04. The maximum Gasteiger partial charge on any atom is 0.185 e. The zero-order valence-corrected chi connectivity index (χ0v) is 20.0. The minimum Gasteiger partial charge on any atom is -0.388 e. The van der Waals surface area contributed by atoms with E-state index in [4.69, 9.17) is 36.1 Å². The molecule has 11 N–H and O–H groups in total. The average Bonchev–Trinajstić information content (AvgIpc) is 2.76. The van der Waals surface area contributed by atoms with Gasteiger partial charge in [-0.3, -0.25) is 0 Å². The second-order valence-corrected chi connectivity index (χ2v) is 9.91. The standard InChI is InChI=1S/C21H43N5O7/c1-9(25-3)13-6-5-10(22)19(31-13)32-16-11(23)7-12(24)17(14(16)27)33-20-15(28)18(26-4)21(2,29)8-30-20/h9-20,25-29H,5-8,22-24H2,1-4H3/t9?,10?,11?,12?,13?,14?,15?,16?,17?,18-,19?,20?,21?/m0/s1. The van der Waals surface area contributed by atoms with Gasteiger partial charge in [0.25, 0.3) is 0 Å². The molecule has 12 heteroatoms. The first kappa shape index (κ1) is 27.1. The fraction of sp³-hybridized carbons (Fsp3) is 1.00. The van der Waals surface area contributed by atoms with Gasteiger partial charge in [-0.2, -0.15) is 0 Å². The normalized spacial score (nSPS) is 50.2. The van der Waals surface area contributed by atoms with Crippen LogP contribution in [0, 0.1) is 0 Å².